The minimum absolute atomic E-state index is 0.526. The summed E-state index contributed by atoms with van der Waals surface area (Å²) in [6.45, 7) is 0. The van der Waals surface area contributed by atoms with E-state index in [2.05, 4.69) is 313 Å². The molecule has 13 aromatic carbocycles. The molecule has 0 fully saturated rings. The third-order valence-corrected chi connectivity index (χ3v) is 16.2. The van der Waals surface area contributed by atoms with Crippen LogP contribution >= 0.6 is 0 Å². The smallest absolute Gasteiger partial charge is 0.0714 e. The molecule has 1 aliphatic carbocycles. The fourth-order valence-electron chi connectivity index (χ4n) is 12.7. The largest absolute Gasteiger partial charge is 0.310 e. The van der Waals surface area contributed by atoms with Crippen molar-refractivity contribution in [3.05, 3.63) is 326 Å². The van der Waals surface area contributed by atoms with Gasteiger partial charge in [0.2, 0.25) is 0 Å². The molecule has 1 aromatic heterocycles. The van der Waals surface area contributed by atoms with Crippen molar-refractivity contribution >= 4 is 60.4 Å². The van der Waals surface area contributed by atoms with Crippen molar-refractivity contribution in [1.29, 1.82) is 0 Å². The molecular weight excluding hydrogens is 929 g/mol. The van der Waals surface area contributed by atoms with Crippen molar-refractivity contribution in [1.82, 2.24) is 4.57 Å². The van der Waals surface area contributed by atoms with Crippen molar-refractivity contribution in [3.63, 3.8) is 0 Å². The normalized spacial score (nSPS) is 12.5. The zero-order valence-corrected chi connectivity index (χ0v) is 42.3. The monoisotopic (exact) mass is 978 g/mol. The van der Waals surface area contributed by atoms with E-state index in [1.54, 1.807) is 0 Å². The minimum Gasteiger partial charge on any atom is -0.310 e. The lowest BCUT2D eigenvalue weighted by molar-refractivity contribution is 0.768. The Bertz CT molecular complexity index is 4500. The molecule has 0 aliphatic heterocycles. The second kappa shape index (κ2) is 18.1. The van der Waals surface area contributed by atoms with Gasteiger partial charge in [-0.05, 0) is 161 Å². The number of para-hydroxylation sites is 1. The lowest BCUT2D eigenvalue weighted by Crippen LogP contribution is -2.28. The van der Waals surface area contributed by atoms with Crippen LogP contribution in [0.2, 0.25) is 0 Å². The minimum atomic E-state index is -0.526. The molecule has 15 rings (SSSR count). The quantitative estimate of drug-likeness (QED) is 0.140. The summed E-state index contributed by atoms with van der Waals surface area (Å²) >= 11 is 0. The van der Waals surface area contributed by atoms with E-state index in [1.807, 2.05) is 0 Å². The van der Waals surface area contributed by atoms with E-state index in [0.717, 1.165) is 22.6 Å². The van der Waals surface area contributed by atoms with Gasteiger partial charge in [-0.25, -0.2) is 0 Å². The summed E-state index contributed by atoms with van der Waals surface area (Å²) in [5, 5.41) is 7.46. The van der Waals surface area contributed by atoms with Gasteiger partial charge in [0.15, 0.2) is 0 Å². The Labute approximate surface area is 448 Å². The summed E-state index contributed by atoms with van der Waals surface area (Å²) in [7, 11) is 0. The van der Waals surface area contributed by atoms with Crippen LogP contribution in [0.3, 0.4) is 0 Å². The molecule has 0 saturated carbocycles. The van der Waals surface area contributed by atoms with Crippen LogP contribution in [0.4, 0.5) is 17.1 Å². The molecule has 77 heavy (non-hydrogen) atoms. The number of nitrogens with zero attached hydrogens (tertiary/aromatic N) is 2. The zero-order valence-electron chi connectivity index (χ0n) is 42.3. The number of rotatable bonds is 9. The predicted octanol–water partition coefficient (Wildman–Crippen LogP) is 19.9. The summed E-state index contributed by atoms with van der Waals surface area (Å²) in [6, 6.07) is 112. The zero-order chi connectivity index (χ0) is 50.9. The first kappa shape index (κ1) is 44.5. The van der Waals surface area contributed by atoms with Crippen LogP contribution in [0.5, 0.6) is 0 Å². The molecule has 14 aromatic rings. The van der Waals surface area contributed by atoms with Gasteiger partial charge >= 0.3 is 0 Å². The Kier molecular flexibility index (Phi) is 10.5. The number of fused-ring (bicyclic) bond motifs is 8. The Balaban J connectivity index is 0.839. The second-order valence-corrected chi connectivity index (χ2v) is 20.4. The van der Waals surface area contributed by atoms with E-state index < -0.39 is 5.41 Å². The lowest BCUT2D eigenvalue weighted by Gasteiger charge is -2.35. The lowest BCUT2D eigenvalue weighted by atomic mass is 9.67. The first-order chi connectivity index (χ1) is 38.2. The Morgan fingerprint density at radius 1 is 0.260 bits per heavy atom. The molecule has 360 valence electrons. The first-order valence-electron chi connectivity index (χ1n) is 26.6. The Morgan fingerprint density at radius 2 is 0.792 bits per heavy atom. The molecule has 0 amide bonds. The Hall–Kier alpha value is -10.0. The molecular formula is C75H50N2. The molecule has 0 bridgehead atoms. The van der Waals surface area contributed by atoms with Crippen LogP contribution in [0.1, 0.15) is 22.3 Å². The first-order valence-corrected chi connectivity index (χ1v) is 26.6. The third kappa shape index (κ3) is 7.25. The number of benzene rings is 13. The highest BCUT2D eigenvalue weighted by atomic mass is 15.1. The van der Waals surface area contributed by atoms with E-state index in [9.17, 15) is 0 Å². The molecule has 0 saturated heterocycles. The summed E-state index contributed by atoms with van der Waals surface area (Å²) in [6.07, 6.45) is 0. The number of hydrogen-bond donors (Lipinski definition) is 0. The van der Waals surface area contributed by atoms with Gasteiger partial charge in [0.05, 0.1) is 16.4 Å². The summed E-state index contributed by atoms with van der Waals surface area (Å²) in [4.78, 5) is 2.43. The third-order valence-electron chi connectivity index (χ3n) is 16.2. The Morgan fingerprint density at radius 3 is 1.56 bits per heavy atom. The maximum absolute atomic E-state index is 2.46. The standard InChI is InChI=1S/C75H50N2/c1-3-23-59(24-4-1)75(60-25-5-2-6-26-60)71-31-13-11-28-67(71)68-45-44-64(50-72(68)75)76(62-41-36-54(37-42-62)66-30-16-20-53-18-9-10-27-65(53)66)61-39-33-52(34-40-61)55-21-15-22-56(47-55)58-38-46-74-70(49-58)69-29-12-14-32-73(69)77(74)63-43-35-51-17-7-8-19-57(51)48-63/h1-50H. The summed E-state index contributed by atoms with van der Waals surface area (Å²) in [5.74, 6) is 0. The number of aromatic nitrogens is 1. The molecule has 1 aliphatic rings. The van der Waals surface area contributed by atoms with Crippen LogP contribution in [0, 0.1) is 0 Å². The highest BCUT2D eigenvalue weighted by Crippen LogP contribution is 2.57. The van der Waals surface area contributed by atoms with Crippen LogP contribution in [-0.4, -0.2) is 4.57 Å². The van der Waals surface area contributed by atoms with E-state index in [4.69, 9.17) is 0 Å². The number of anilines is 3. The fourth-order valence-corrected chi connectivity index (χ4v) is 12.7. The molecule has 0 spiro atoms. The molecule has 2 heteroatoms. The van der Waals surface area contributed by atoms with E-state index in [1.165, 1.54) is 110 Å². The second-order valence-electron chi connectivity index (χ2n) is 20.4. The maximum atomic E-state index is 2.46. The van der Waals surface area contributed by atoms with Gasteiger partial charge < -0.3 is 9.47 Å². The highest BCUT2D eigenvalue weighted by molar-refractivity contribution is 6.11. The molecule has 0 radical (unpaired) electrons. The average molecular weight is 979 g/mol. The van der Waals surface area contributed by atoms with Gasteiger partial charge in [-0.1, -0.05) is 231 Å². The molecule has 0 atom stereocenters. The van der Waals surface area contributed by atoms with E-state index >= 15 is 0 Å². The van der Waals surface area contributed by atoms with Gasteiger partial charge in [-0.2, -0.15) is 0 Å². The van der Waals surface area contributed by atoms with Gasteiger partial charge in [0, 0.05) is 33.5 Å². The van der Waals surface area contributed by atoms with Crippen LogP contribution in [0.15, 0.2) is 303 Å². The average Bonchev–Trinajstić information content (AvgIpc) is 4.12. The van der Waals surface area contributed by atoms with Crippen LogP contribution in [-0.2, 0) is 5.41 Å². The van der Waals surface area contributed by atoms with Crippen molar-refractivity contribution in [2.45, 2.75) is 5.41 Å². The topological polar surface area (TPSA) is 8.17 Å². The van der Waals surface area contributed by atoms with Gasteiger partial charge in [0.25, 0.3) is 0 Å². The molecule has 0 N–H and O–H groups in total. The fraction of sp³-hybridized carbons (Fsp3) is 0.0133. The molecule has 2 nitrogen and oxygen atoms in total. The summed E-state index contributed by atoms with van der Waals surface area (Å²) < 4.78 is 2.41. The maximum Gasteiger partial charge on any atom is 0.0714 e. The molecule has 1 heterocycles. The van der Waals surface area contributed by atoms with Gasteiger partial charge in [0.1, 0.15) is 0 Å². The SMILES string of the molecule is c1ccc(C2(c3ccccc3)c3ccccc3-c3ccc(N(c4ccc(-c5cccc(-c6ccc7c(c6)c6ccccc6n7-c6ccc7ccccc7c6)c5)cc4)c4ccc(-c5cccc6ccccc56)cc4)cc32)cc1. The van der Waals surface area contributed by atoms with Crippen LogP contribution < -0.4 is 4.90 Å². The van der Waals surface area contributed by atoms with Crippen molar-refractivity contribution in [2.75, 3.05) is 4.90 Å². The summed E-state index contributed by atoms with van der Waals surface area (Å²) in [5.41, 5.74) is 21.0. The predicted molar refractivity (Wildman–Crippen MR) is 324 cm³/mol. The molecule has 0 unspecified atom stereocenters. The van der Waals surface area contributed by atoms with Crippen LogP contribution in [0.25, 0.3) is 93.5 Å². The highest BCUT2D eigenvalue weighted by Gasteiger charge is 2.46. The van der Waals surface area contributed by atoms with Gasteiger partial charge in [-0.15, -0.1) is 0 Å². The van der Waals surface area contributed by atoms with Crippen molar-refractivity contribution < 1.29 is 0 Å². The van der Waals surface area contributed by atoms with Gasteiger partial charge in [-0.3, -0.25) is 0 Å². The van der Waals surface area contributed by atoms with Crippen molar-refractivity contribution in [3.8, 4) is 50.2 Å². The van der Waals surface area contributed by atoms with Crippen molar-refractivity contribution in [2.24, 2.45) is 0 Å². The number of hydrogen-bond acceptors (Lipinski definition) is 1. The van der Waals surface area contributed by atoms with E-state index in [0.29, 0.717) is 0 Å². The van der Waals surface area contributed by atoms with E-state index in [-0.39, 0.29) is 0 Å².